The number of hydrogen-bond donors (Lipinski definition) is 2. The maximum Gasteiger partial charge on any atom is 0.268 e. The summed E-state index contributed by atoms with van der Waals surface area (Å²) in [6.45, 7) is 6.90. The van der Waals surface area contributed by atoms with Crippen molar-refractivity contribution < 1.29 is 9.53 Å². The summed E-state index contributed by atoms with van der Waals surface area (Å²) >= 11 is 0. The zero-order chi connectivity index (χ0) is 13.1. The van der Waals surface area contributed by atoms with E-state index in [-0.39, 0.29) is 11.5 Å². The molecule has 0 fully saturated rings. The molecule has 0 spiro atoms. The lowest BCUT2D eigenvalue weighted by Gasteiger charge is -2.24. The molecule has 0 saturated heterocycles. The zero-order valence-electron chi connectivity index (χ0n) is 10.9. The summed E-state index contributed by atoms with van der Waals surface area (Å²) in [6.07, 6.45) is 1.71. The minimum Gasteiger partial charge on any atom is -0.397 e. The first-order valence-electron chi connectivity index (χ1n) is 5.69. The lowest BCUT2D eigenvalue weighted by Crippen LogP contribution is -2.40. The third-order valence-electron chi connectivity index (χ3n) is 2.47. The number of hydrogen-bond acceptors (Lipinski definition) is 3. The topological polar surface area (TPSA) is 69.3 Å². The Morgan fingerprint density at radius 1 is 1.59 bits per heavy atom. The van der Waals surface area contributed by atoms with Crippen molar-refractivity contribution >= 4 is 11.6 Å². The van der Waals surface area contributed by atoms with E-state index in [0.29, 0.717) is 24.5 Å². The standard InChI is InChI=1S/C12H21N3O2/c1-5-17-12(2,3)8-14-11(16)10-6-9(13)7-15(10)4/h6-7H,5,8,13H2,1-4H3,(H,14,16). The van der Waals surface area contributed by atoms with Crippen LogP contribution < -0.4 is 11.1 Å². The Bertz CT molecular complexity index is 396. The Kier molecular flexibility index (Phi) is 4.17. The van der Waals surface area contributed by atoms with E-state index in [0.717, 1.165) is 0 Å². The fraction of sp³-hybridized carbons (Fsp3) is 0.583. The lowest BCUT2D eigenvalue weighted by molar-refractivity contribution is -0.00820. The first-order chi connectivity index (χ1) is 7.85. The third-order valence-corrected chi connectivity index (χ3v) is 2.47. The predicted octanol–water partition coefficient (Wildman–Crippen LogP) is 1.15. The maximum atomic E-state index is 11.9. The second kappa shape index (κ2) is 5.23. The highest BCUT2D eigenvalue weighted by Crippen LogP contribution is 2.10. The second-order valence-electron chi connectivity index (χ2n) is 4.64. The van der Waals surface area contributed by atoms with Crippen molar-refractivity contribution in [2.45, 2.75) is 26.4 Å². The minimum atomic E-state index is -0.360. The molecular formula is C12H21N3O2. The Hall–Kier alpha value is -1.49. The third kappa shape index (κ3) is 3.78. The minimum absolute atomic E-state index is 0.142. The van der Waals surface area contributed by atoms with Crippen molar-refractivity contribution in [3.63, 3.8) is 0 Å². The molecule has 0 atom stereocenters. The highest BCUT2D eigenvalue weighted by molar-refractivity contribution is 5.93. The average molecular weight is 239 g/mol. The molecule has 0 unspecified atom stereocenters. The smallest absolute Gasteiger partial charge is 0.268 e. The monoisotopic (exact) mass is 239 g/mol. The lowest BCUT2D eigenvalue weighted by atomic mass is 10.1. The van der Waals surface area contributed by atoms with Gasteiger partial charge in [-0.3, -0.25) is 4.79 Å². The zero-order valence-corrected chi connectivity index (χ0v) is 10.9. The molecule has 1 aromatic rings. The van der Waals surface area contributed by atoms with E-state index in [1.165, 1.54) is 0 Å². The van der Waals surface area contributed by atoms with Gasteiger partial charge < -0.3 is 20.4 Å². The van der Waals surface area contributed by atoms with E-state index in [1.54, 1.807) is 23.9 Å². The van der Waals surface area contributed by atoms with E-state index in [1.807, 2.05) is 20.8 Å². The molecule has 5 heteroatoms. The molecule has 0 radical (unpaired) electrons. The highest BCUT2D eigenvalue weighted by Gasteiger charge is 2.20. The summed E-state index contributed by atoms with van der Waals surface area (Å²) in [5.41, 5.74) is 6.40. The molecule has 1 amide bonds. The van der Waals surface area contributed by atoms with E-state index in [2.05, 4.69) is 5.32 Å². The van der Waals surface area contributed by atoms with Crippen molar-refractivity contribution in [1.29, 1.82) is 0 Å². The summed E-state index contributed by atoms with van der Waals surface area (Å²) in [5.74, 6) is -0.142. The summed E-state index contributed by atoms with van der Waals surface area (Å²) in [5, 5.41) is 2.84. The van der Waals surface area contributed by atoms with E-state index >= 15 is 0 Å². The van der Waals surface area contributed by atoms with Gasteiger partial charge in [0.05, 0.1) is 11.3 Å². The van der Waals surface area contributed by atoms with Gasteiger partial charge in [-0.2, -0.15) is 0 Å². The first-order valence-corrected chi connectivity index (χ1v) is 5.69. The molecule has 0 aromatic carbocycles. The van der Waals surface area contributed by atoms with Crippen LogP contribution in [0.2, 0.25) is 0 Å². The van der Waals surface area contributed by atoms with Gasteiger partial charge in [-0.1, -0.05) is 0 Å². The quantitative estimate of drug-likeness (QED) is 0.810. The summed E-state index contributed by atoms with van der Waals surface area (Å²) in [7, 11) is 1.79. The molecule has 1 aromatic heterocycles. The Morgan fingerprint density at radius 3 is 2.71 bits per heavy atom. The Morgan fingerprint density at radius 2 is 2.24 bits per heavy atom. The van der Waals surface area contributed by atoms with Gasteiger partial charge in [0.2, 0.25) is 0 Å². The Labute approximate surface area is 102 Å². The number of anilines is 1. The molecule has 0 aliphatic carbocycles. The number of aromatic nitrogens is 1. The average Bonchev–Trinajstić information content (AvgIpc) is 2.54. The van der Waals surface area contributed by atoms with E-state index in [4.69, 9.17) is 10.5 Å². The fourth-order valence-electron chi connectivity index (χ4n) is 1.64. The molecular weight excluding hydrogens is 218 g/mol. The molecule has 1 heterocycles. The second-order valence-corrected chi connectivity index (χ2v) is 4.64. The number of ether oxygens (including phenoxy) is 1. The van der Waals surface area contributed by atoms with Crippen molar-refractivity contribution in [2.75, 3.05) is 18.9 Å². The van der Waals surface area contributed by atoms with Gasteiger partial charge in [0, 0.05) is 26.4 Å². The van der Waals surface area contributed by atoms with Crippen molar-refractivity contribution in [2.24, 2.45) is 7.05 Å². The maximum absolute atomic E-state index is 11.9. The molecule has 5 nitrogen and oxygen atoms in total. The SMILES string of the molecule is CCOC(C)(C)CNC(=O)c1cc(N)cn1C. The van der Waals surface area contributed by atoms with Crippen molar-refractivity contribution in [3.8, 4) is 0 Å². The molecule has 17 heavy (non-hydrogen) atoms. The number of nitrogens with two attached hydrogens (primary N) is 1. The van der Waals surface area contributed by atoms with Crippen molar-refractivity contribution in [1.82, 2.24) is 9.88 Å². The molecule has 0 aliphatic heterocycles. The van der Waals surface area contributed by atoms with Crippen LogP contribution in [0.15, 0.2) is 12.3 Å². The number of carbonyl (C=O) groups excluding carboxylic acids is 1. The van der Waals surface area contributed by atoms with Crippen LogP contribution >= 0.6 is 0 Å². The first kappa shape index (κ1) is 13.6. The van der Waals surface area contributed by atoms with Crippen LogP contribution in [0, 0.1) is 0 Å². The number of carbonyl (C=O) groups is 1. The predicted molar refractivity (Wildman–Crippen MR) is 67.9 cm³/mol. The summed E-state index contributed by atoms with van der Waals surface area (Å²) in [4.78, 5) is 11.9. The van der Waals surface area contributed by atoms with Gasteiger partial charge in [0.15, 0.2) is 0 Å². The van der Waals surface area contributed by atoms with Crippen LogP contribution in [0.25, 0.3) is 0 Å². The van der Waals surface area contributed by atoms with Gasteiger partial charge in [-0.25, -0.2) is 0 Å². The van der Waals surface area contributed by atoms with Crippen LogP contribution in [0.4, 0.5) is 5.69 Å². The largest absolute Gasteiger partial charge is 0.397 e. The van der Waals surface area contributed by atoms with Gasteiger partial charge in [-0.05, 0) is 26.8 Å². The normalized spacial score (nSPS) is 11.5. The van der Waals surface area contributed by atoms with Crippen LogP contribution in [-0.4, -0.2) is 29.2 Å². The summed E-state index contributed by atoms with van der Waals surface area (Å²) < 4.78 is 7.21. The number of nitrogen functional groups attached to an aromatic ring is 1. The number of aryl methyl sites for hydroxylation is 1. The van der Waals surface area contributed by atoms with E-state index < -0.39 is 0 Å². The van der Waals surface area contributed by atoms with Crippen LogP contribution in [-0.2, 0) is 11.8 Å². The van der Waals surface area contributed by atoms with Crippen LogP contribution in [0.3, 0.4) is 0 Å². The number of rotatable bonds is 5. The number of amides is 1. The van der Waals surface area contributed by atoms with Gasteiger partial charge in [-0.15, -0.1) is 0 Å². The van der Waals surface area contributed by atoms with Crippen LogP contribution in [0.5, 0.6) is 0 Å². The number of nitrogens with one attached hydrogen (secondary N) is 1. The molecule has 0 bridgehead atoms. The highest BCUT2D eigenvalue weighted by atomic mass is 16.5. The van der Waals surface area contributed by atoms with Gasteiger partial charge in [0.1, 0.15) is 5.69 Å². The van der Waals surface area contributed by atoms with Crippen molar-refractivity contribution in [3.05, 3.63) is 18.0 Å². The molecule has 3 N–H and O–H groups in total. The van der Waals surface area contributed by atoms with Gasteiger partial charge in [0.25, 0.3) is 5.91 Å². The molecule has 1 rings (SSSR count). The van der Waals surface area contributed by atoms with Crippen LogP contribution in [0.1, 0.15) is 31.3 Å². The Balaban J connectivity index is 2.59. The molecule has 0 saturated carbocycles. The summed E-state index contributed by atoms with van der Waals surface area (Å²) in [6, 6.07) is 1.66. The number of nitrogens with zero attached hydrogens (tertiary/aromatic N) is 1. The fourth-order valence-corrected chi connectivity index (χ4v) is 1.64. The van der Waals surface area contributed by atoms with Gasteiger partial charge >= 0.3 is 0 Å². The molecule has 0 aliphatic rings. The molecule has 96 valence electrons. The van der Waals surface area contributed by atoms with E-state index in [9.17, 15) is 4.79 Å².